The molecule has 1 fully saturated rings. The first kappa shape index (κ1) is 18.4. The lowest BCUT2D eigenvalue weighted by Gasteiger charge is -2.28. The molecule has 0 saturated carbocycles. The van der Waals surface area contributed by atoms with E-state index in [1.165, 1.54) is 12.1 Å². The van der Waals surface area contributed by atoms with Gasteiger partial charge in [0, 0.05) is 18.2 Å². The molecule has 1 aromatic carbocycles. The van der Waals surface area contributed by atoms with E-state index in [9.17, 15) is 9.18 Å². The summed E-state index contributed by atoms with van der Waals surface area (Å²) >= 11 is 0. The molecule has 7 heteroatoms. The van der Waals surface area contributed by atoms with Gasteiger partial charge in [-0.2, -0.15) is 0 Å². The van der Waals surface area contributed by atoms with Crippen LogP contribution in [-0.4, -0.2) is 27.7 Å². The Hall–Kier alpha value is -2.96. The summed E-state index contributed by atoms with van der Waals surface area (Å²) < 4.78 is 24.0. The fourth-order valence-corrected chi connectivity index (χ4v) is 3.78. The van der Waals surface area contributed by atoms with Crippen molar-refractivity contribution >= 4 is 5.91 Å². The van der Waals surface area contributed by atoms with Crippen LogP contribution in [-0.2, 0) is 0 Å². The zero-order valence-corrected chi connectivity index (χ0v) is 15.9. The predicted molar refractivity (Wildman–Crippen MR) is 100 cm³/mol. The molecule has 0 unspecified atom stereocenters. The summed E-state index contributed by atoms with van der Waals surface area (Å²) in [5.74, 6) is 0.770. The molecule has 28 heavy (non-hydrogen) atoms. The third-order valence-corrected chi connectivity index (χ3v) is 5.26. The van der Waals surface area contributed by atoms with E-state index in [0.29, 0.717) is 35.0 Å². The number of carbonyl (C=O) groups excluding carboxylic acids is 1. The average Bonchev–Trinajstić information content (AvgIpc) is 3.21. The lowest BCUT2D eigenvalue weighted by Crippen LogP contribution is -2.35. The minimum Gasteiger partial charge on any atom is -0.361 e. The van der Waals surface area contributed by atoms with Crippen LogP contribution in [0.2, 0.25) is 0 Å². The number of carbonyl (C=O) groups is 1. The number of hydrogen-bond donors (Lipinski definition) is 0. The van der Waals surface area contributed by atoms with Crippen LogP contribution >= 0.6 is 0 Å². The second kappa shape index (κ2) is 7.58. The summed E-state index contributed by atoms with van der Waals surface area (Å²) in [6.07, 6.45) is 3.79. The first-order valence-corrected chi connectivity index (χ1v) is 9.51. The molecular formula is C21H22FN3O3. The monoisotopic (exact) mass is 383 g/mol. The maximum atomic E-state index is 13.3. The fraction of sp³-hybridized carbons (Fsp3) is 0.381. The van der Waals surface area contributed by atoms with Crippen molar-refractivity contribution in [2.24, 2.45) is 0 Å². The van der Waals surface area contributed by atoms with Gasteiger partial charge in [-0.3, -0.25) is 4.79 Å². The lowest BCUT2D eigenvalue weighted by molar-refractivity contribution is 0.0648. The van der Waals surface area contributed by atoms with Gasteiger partial charge in [0.25, 0.3) is 5.91 Å². The molecule has 1 aliphatic heterocycles. The molecule has 3 heterocycles. The minimum atomic E-state index is -0.299. The van der Waals surface area contributed by atoms with Crippen molar-refractivity contribution in [3.05, 3.63) is 58.9 Å². The molecule has 6 nitrogen and oxygen atoms in total. The summed E-state index contributed by atoms with van der Waals surface area (Å²) in [7, 11) is 0. The molecule has 1 amide bonds. The van der Waals surface area contributed by atoms with Crippen molar-refractivity contribution in [1.82, 2.24) is 15.2 Å². The quantitative estimate of drug-likeness (QED) is 0.647. The minimum absolute atomic E-state index is 0.0946. The maximum absolute atomic E-state index is 13.3. The highest BCUT2D eigenvalue weighted by molar-refractivity contribution is 5.96. The van der Waals surface area contributed by atoms with Gasteiger partial charge in [0.1, 0.15) is 22.8 Å². The van der Waals surface area contributed by atoms with Crippen molar-refractivity contribution in [1.29, 1.82) is 0 Å². The van der Waals surface area contributed by atoms with Gasteiger partial charge in [0.15, 0.2) is 5.76 Å². The van der Waals surface area contributed by atoms with Gasteiger partial charge in [-0.05, 0) is 51.0 Å². The number of aromatic nitrogens is 2. The average molecular weight is 383 g/mol. The highest BCUT2D eigenvalue weighted by Gasteiger charge is 2.33. The van der Waals surface area contributed by atoms with E-state index in [4.69, 9.17) is 9.05 Å². The van der Waals surface area contributed by atoms with Crippen LogP contribution in [0.1, 0.15) is 59.3 Å². The van der Waals surface area contributed by atoms with Gasteiger partial charge in [-0.15, -0.1) is 0 Å². The molecule has 0 bridgehead atoms. The van der Waals surface area contributed by atoms with Gasteiger partial charge in [-0.1, -0.05) is 23.2 Å². The van der Waals surface area contributed by atoms with Crippen LogP contribution in [0, 0.1) is 19.7 Å². The second-order valence-electron chi connectivity index (χ2n) is 7.18. The van der Waals surface area contributed by atoms with E-state index in [2.05, 4.69) is 10.3 Å². The first-order valence-electron chi connectivity index (χ1n) is 9.51. The highest BCUT2D eigenvalue weighted by Crippen LogP contribution is 2.34. The Morgan fingerprint density at radius 1 is 1.11 bits per heavy atom. The fourth-order valence-electron chi connectivity index (χ4n) is 3.78. The van der Waals surface area contributed by atoms with Crippen molar-refractivity contribution in [3.63, 3.8) is 0 Å². The Kier molecular flexibility index (Phi) is 4.98. The number of rotatable bonds is 3. The van der Waals surface area contributed by atoms with Gasteiger partial charge in [0.05, 0.1) is 11.7 Å². The Labute approximate surface area is 162 Å². The lowest BCUT2D eigenvalue weighted by atomic mass is 10.0. The van der Waals surface area contributed by atoms with Gasteiger partial charge in [-0.25, -0.2) is 4.39 Å². The molecular weight excluding hydrogens is 361 g/mol. The second-order valence-corrected chi connectivity index (χ2v) is 7.18. The van der Waals surface area contributed by atoms with E-state index in [1.807, 2.05) is 11.0 Å². The normalized spacial score (nSPS) is 17.5. The molecule has 1 saturated heterocycles. The maximum Gasteiger partial charge on any atom is 0.259 e. The van der Waals surface area contributed by atoms with Gasteiger partial charge >= 0.3 is 0 Å². The molecule has 4 rings (SSSR count). The van der Waals surface area contributed by atoms with Crippen molar-refractivity contribution in [2.75, 3.05) is 6.54 Å². The number of amides is 1. The largest absolute Gasteiger partial charge is 0.361 e. The van der Waals surface area contributed by atoms with Crippen molar-refractivity contribution in [3.8, 4) is 11.3 Å². The molecule has 1 atom stereocenters. The van der Waals surface area contributed by atoms with E-state index in [-0.39, 0.29) is 17.8 Å². The van der Waals surface area contributed by atoms with Gasteiger partial charge < -0.3 is 13.9 Å². The Morgan fingerprint density at radius 2 is 1.89 bits per heavy atom. The van der Waals surface area contributed by atoms with E-state index >= 15 is 0 Å². The Morgan fingerprint density at radius 3 is 2.61 bits per heavy atom. The van der Waals surface area contributed by atoms with Crippen molar-refractivity contribution < 1.29 is 18.2 Å². The number of benzene rings is 1. The molecule has 2 aromatic heterocycles. The SMILES string of the molecule is Cc1noc(C)c1C(=O)N1CCCCC[C@@H]1c1cc(-c2ccc(F)cc2)no1. The van der Waals surface area contributed by atoms with E-state index in [1.54, 1.807) is 26.0 Å². The summed E-state index contributed by atoms with van der Waals surface area (Å²) in [6.45, 7) is 4.17. The number of nitrogens with zero attached hydrogens (tertiary/aromatic N) is 3. The molecule has 3 aromatic rings. The number of hydrogen-bond acceptors (Lipinski definition) is 5. The third-order valence-electron chi connectivity index (χ3n) is 5.26. The molecule has 0 N–H and O–H groups in total. The highest BCUT2D eigenvalue weighted by atomic mass is 19.1. The number of halogens is 1. The molecule has 146 valence electrons. The molecule has 1 aliphatic rings. The standard InChI is InChI=1S/C21H22FN3O3/c1-13-20(14(2)27-23-13)21(26)25-11-5-3-4-6-18(25)19-12-17(24-28-19)15-7-9-16(22)10-8-15/h7-10,12,18H,3-6,11H2,1-2H3/t18-/m1/s1. The van der Waals surface area contributed by atoms with Gasteiger partial charge in [0.2, 0.25) is 0 Å². The topological polar surface area (TPSA) is 72.4 Å². The number of aryl methyl sites for hydroxylation is 2. The van der Waals surface area contributed by atoms with Crippen LogP contribution in [0.4, 0.5) is 4.39 Å². The summed E-state index contributed by atoms with van der Waals surface area (Å²) in [5.41, 5.74) is 2.51. The van der Waals surface area contributed by atoms with Crippen LogP contribution in [0.5, 0.6) is 0 Å². The molecule has 0 spiro atoms. The Bertz CT molecular complexity index is 958. The zero-order chi connectivity index (χ0) is 19.7. The third kappa shape index (κ3) is 3.44. The summed E-state index contributed by atoms with van der Waals surface area (Å²) in [6, 6.07) is 7.75. The van der Waals surface area contributed by atoms with Crippen LogP contribution in [0.3, 0.4) is 0 Å². The molecule has 0 radical (unpaired) electrons. The first-order chi connectivity index (χ1) is 13.5. The van der Waals surface area contributed by atoms with E-state index in [0.717, 1.165) is 31.2 Å². The van der Waals surface area contributed by atoms with Crippen LogP contribution < -0.4 is 0 Å². The van der Waals surface area contributed by atoms with E-state index < -0.39 is 0 Å². The Balaban J connectivity index is 1.66. The van der Waals surface area contributed by atoms with Crippen LogP contribution in [0.15, 0.2) is 39.4 Å². The van der Waals surface area contributed by atoms with Crippen LogP contribution in [0.25, 0.3) is 11.3 Å². The van der Waals surface area contributed by atoms with Crippen molar-refractivity contribution in [2.45, 2.75) is 45.6 Å². The predicted octanol–water partition coefficient (Wildman–Crippen LogP) is 4.84. The summed E-state index contributed by atoms with van der Waals surface area (Å²) in [5, 5.41) is 8.06. The smallest absolute Gasteiger partial charge is 0.259 e. The molecule has 0 aliphatic carbocycles. The number of likely N-dealkylation sites (tertiary alicyclic amines) is 1. The summed E-state index contributed by atoms with van der Waals surface area (Å²) in [4.78, 5) is 15.1. The zero-order valence-electron chi connectivity index (χ0n) is 15.9.